The SMILES string of the molecule is O=C(CCl)CN(C(=O)C(F)(F)C(F)(F)F)c1ccccc1. The van der Waals surface area contributed by atoms with Gasteiger partial charge in [-0.15, -0.1) is 11.6 Å². The van der Waals surface area contributed by atoms with Gasteiger partial charge < -0.3 is 0 Å². The molecule has 116 valence electrons. The Labute approximate surface area is 121 Å². The summed E-state index contributed by atoms with van der Waals surface area (Å²) in [4.78, 5) is 22.8. The summed E-state index contributed by atoms with van der Waals surface area (Å²) in [6, 6.07) is 6.38. The fourth-order valence-corrected chi connectivity index (χ4v) is 1.48. The summed E-state index contributed by atoms with van der Waals surface area (Å²) in [5.74, 6) is -9.62. The zero-order valence-electron chi connectivity index (χ0n) is 10.3. The van der Waals surface area contributed by atoms with Crippen LogP contribution in [-0.2, 0) is 9.59 Å². The van der Waals surface area contributed by atoms with Crippen molar-refractivity contribution in [3.05, 3.63) is 30.3 Å². The van der Waals surface area contributed by atoms with Gasteiger partial charge in [0.1, 0.15) is 0 Å². The van der Waals surface area contributed by atoms with E-state index in [4.69, 9.17) is 11.6 Å². The molecule has 21 heavy (non-hydrogen) atoms. The minimum Gasteiger partial charge on any atom is -0.299 e. The van der Waals surface area contributed by atoms with Gasteiger partial charge in [-0.3, -0.25) is 14.5 Å². The van der Waals surface area contributed by atoms with Gasteiger partial charge in [-0.05, 0) is 12.1 Å². The second-order valence-corrected chi connectivity index (χ2v) is 4.24. The summed E-state index contributed by atoms with van der Waals surface area (Å²) in [6.45, 7) is -0.974. The maximum Gasteiger partial charge on any atom is 0.463 e. The molecular formula is C12H9ClF5NO2. The van der Waals surface area contributed by atoms with Gasteiger partial charge in [0.25, 0.3) is 0 Å². The number of rotatable bonds is 5. The molecule has 0 heterocycles. The Morgan fingerprint density at radius 1 is 1.05 bits per heavy atom. The molecule has 0 aliphatic rings. The topological polar surface area (TPSA) is 37.4 Å². The van der Waals surface area contributed by atoms with Crippen molar-refractivity contribution >= 4 is 29.0 Å². The number of anilines is 1. The lowest BCUT2D eigenvalue weighted by Crippen LogP contribution is -2.53. The number of Topliss-reactive ketones (excluding diaryl/α,β-unsaturated/α-hetero) is 1. The lowest BCUT2D eigenvalue weighted by Gasteiger charge is -2.27. The molecule has 1 aromatic carbocycles. The minimum atomic E-state index is -6.05. The number of nitrogens with zero attached hydrogens (tertiary/aromatic N) is 1. The number of amides is 1. The van der Waals surface area contributed by atoms with Crippen LogP contribution < -0.4 is 4.90 Å². The highest BCUT2D eigenvalue weighted by atomic mass is 35.5. The Balaban J connectivity index is 3.19. The summed E-state index contributed by atoms with van der Waals surface area (Å²) in [7, 11) is 0. The van der Waals surface area contributed by atoms with Gasteiger partial charge in [-0.25, -0.2) is 0 Å². The fraction of sp³-hybridized carbons (Fsp3) is 0.333. The van der Waals surface area contributed by atoms with Crippen LogP contribution in [0, 0.1) is 0 Å². The number of halogens is 6. The standard InChI is InChI=1S/C12H9ClF5NO2/c13-6-9(20)7-19(8-4-2-1-3-5-8)10(21)11(14,15)12(16,17)18/h1-5H,6-7H2. The van der Waals surface area contributed by atoms with Crippen LogP contribution in [0.5, 0.6) is 0 Å². The average Bonchev–Trinajstić information content (AvgIpc) is 2.43. The molecule has 0 radical (unpaired) electrons. The molecule has 1 amide bonds. The summed E-state index contributed by atoms with van der Waals surface area (Å²) in [5.41, 5.74) is -0.259. The highest BCUT2D eigenvalue weighted by Crippen LogP contribution is 2.37. The van der Waals surface area contributed by atoms with Crippen LogP contribution in [0.15, 0.2) is 30.3 Å². The Bertz CT molecular complexity index is 518. The Hall–Kier alpha value is -1.70. The molecule has 0 saturated carbocycles. The van der Waals surface area contributed by atoms with E-state index in [1.165, 1.54) is 18.2 Å². The number of hydrogen-bond acceptors (Lipinski definition) is 2. The van der Waals surface area contributed by atoms with E-state index in [0.717, 1.165) is 12.1 Å². The van der Waals surface area contributed by atoms with Crippen LogP contribution in [0.2, 0.25) is 0 Å². The van der Waals surface area contributed by atoms with Crippen LogP contribution in [-0.4, -0.2) is 36.2 Å². The number of carbonyl (C=O) groups is 2. The summed E-state index contributed by atoms with van der Waals surface area (Å²) in [5, 5.41) is 0. The highest BCUT2D eigenvalue weighted by molar-refractivity contribution is 6.28. The Morgan fingerprint density at radius 2 is 1.57 bits per heavy atom. The summed E-state index contributed by atoms with van der Waals surface area (Å²) >= 11 is 5.20. The summed E-state index contributed by atoms with van der Waals surface area (Å²) in [6.07, 6.45) is -6.05. The van der Waals surface area contributed by atoms with Crippen molar-refractivity contribution < 1.29 is 31.5 Å². The number of benzene rings is 1. The van der Waals surface area contributed by atoms with Gasteiger partial charge in [0.05, 0.1) is 12.4 Å². The third kappa shape index (κ3) is 3.90. The van der Waals surface area contributed by atoms with Gasteiger partial charge in [0.15, 0.2) is 5.78 Å². The van der Waals surface area contributed by atoms with Gasteiger partial charge in [0.2, 0.25) is 0 Å². The number of alkyl halides is 6. The first kappa shape index (κ1) is 17.4. The molecule has 9 heteroatoms. The van der Waals surface area contributed by atoms with E-state index in [-0.39, 0.29) is 10.6 Å². The number of hydrogen-bond donors (Lipinski definition) is 0. The maximum atomic E-state index is 13.2. The van der Waals surface area contributed by atoms with Crippen LogP contribution in [0.3, 0.4) is 0 Å². The van der Waals surface area contributed by atoms with Crippen molar-refractivity contribution in [2.24, 2.45) is 0 Å². The molecule has 1 aromatic rings. The van der Waals surface area contributed by atoms with Crippen molar-refractivity contribution in [2.45, 2.75) is 12.1 Å². The average molecular weight is 330 g/mol. The van der Waals surface area contributed by atoms with Crippen molar-refractivity contribution in [2.75, 3.05) is 17.3 Å². The van der Waals surface area contributed by atoms with E-state index in [1.54, 1.807) is 0 Å². The van der Waals surface area contributed by atoms with Crippen LogP contribution in [0.4, 0.5) is 27.6 Å². The third-order valence-electron chi connectivity index (χ3n) is 2.42. The molecule has 0 atom stereocenters. The second kappa shape index (κ2) is 6.38. The first-order chi connectivity index (χ1) is 9.61. The predicted molar refractivity (Wildman–Crippen MR) is 65.5 cm³/mol. The molecule has 0 aliphatic heterocycles. The van der Waals surface area contributed by atoms with Crippen LogP contribution >= 0.6 is 11.6 Å². The van der Waals surface area contributed by atoms with E-state index in [2.05, 4.69) is 0 Å². The number of ketones is 1. The molecule has 0 aromatic heterocycles. The molecule has 0 N–H and O–H groups in total. The first-order valence-electron chi connectivity index (χ1n) is 5.50. The van der Waals surface area contributed by atoms with Crippen molar-refractivity contribution in [3.63, 3.8) is 0 Å². The lowest BCUT2D eigenvalue weighted by atomic mass is 10.2. The number of para-hydroxylation sites is 1. The van der Waals surface area contributed by atoms with Crippen LogP contribution in [0.25, 0.3) is 0 Å². The van der Waals surface area contributed by atoms with Crippen molar-refractivity contribution in [1.29, 1.82) is 0 Å². The Morgan fingerprint density at radius 3 is 2.00 bits per heavy atom. The molecule has 0 bridgehead atoms. The molecule has 0 spiro atoms. The van der Waals surface area contributed by atoms with Crippen molar-refractivity contribution in [3.8, 4) is 0 Å². The zero-order valence-corrected chi connectivity index (χ0v) is 11.1. The second-order valence-electron chi connectivity index (χ2n) is 3.97. The number of carbonyl (C=O) groups excluding carboxylic acids is 2. The predicted octanol–water partition coefficient (Wildman–Crippen LogP) is 3.03. The molecule has 3 nitrogen and oxygen atoms in total. The van der Waals surface area contributed by atoms with Gasteiger partial charge in [0, 0.05) is 5.69 Å². The van der Waals surface area contributed by atoms with Crippen molar-refractivity contribution in [1.82, 2.24) is 0 Å². The first-order valence-corrected chi connectivity index (χ1v) is 6.04. The van der Waals surface area contributed by atoms with E-state index < -0.39 is 36.2 Å². The quantitative estimate of drug-likeness (QED) is 0.615. The van der Waals surface area contributed by atoms with E-state index in [1.807, 2.05) is 0 Å². The fourth-order valence-electron chi connectivity index (χ4n) is 1.40. The third-order valence-corrected chi connectivity index (χ3v) is 2.72. The normalized spacial score (nSPS) is 12.1. The molecular weight excluding hydrogens is 321 g/mol. The molecule has 1 rings (SSSR count). The Kier molecular flexibility index (Phi) is 5.27. The lowest BCUT2D eigenvalue weighted by molar-refractivity contribution is -0.268. The maximum absolute atomic E-state index is 13.2. The van der Waals surface area contributed by atoms with Gasteiger partial charge in [-0.2, -0.15) is 22.0 Å². The van der Waals surface area contributed by atoms with Gasteiger partial charge >= 0.3 is 18.0 Å². The van der Waals surface area contributed by atoms with E-state index >= 15 is 0 Å². The summed E-state index contributed by atoms with van der Waals surface area (Å²) < 4.78 is 63.1. The minimum absolute atomic E-state index is 0.0677. The molecule has 0 saturated heterocycles. The smallest absolute Gasteiger partial charge is 0.299 e. The highest BCUT2D eigenvalue weighted by Gasteiger charge is 2.64. The monoisotopic (exact) mass is 329 g/mol. The van der Waals surface area contributed by atoms with E-state index in [0.29, 0.717) is 0 Å². The van der Waals surface area contributed by atoms with Gasteiger partial charge in [-0.1, -0.05) is 18.2 Å². The molecule has 0 fully saturated rings. The molecule has 0 unspecified atom stereocenters. The zero-order chi connectivity index (χ0) is 16.3. The van der Waals surface area contributed by atoms with E-state index in [9.17, 15) is 31.5 Å². The van der Waals surface area contributed by atoms with Crippen LogP contribution in [0.1, 0.15) is 0 Å². The largest absolute Gasteiger partial charge is 0.463 e. The molecule has 0 aliphatic carbocycles.